The molecule has 3 fully saturated rings. The second kappa shape index (κ2) is 4.65. The van der Waals surface area contributed by atoms with Gasteiger partial charge in [-0.2, -0.15) is 0 Å². The quantitative estimate of drug-likeness (QED) is 0.643. The number of nitrogens with zero attached hydrogens (tertiary/aromatic N) is 2. The monoisotopic (exact) mass is 318 g/mol. The van der Waals surface area contributed by atoms with E-state index in [9.17, 15) is 10.2 Å². The van der Waals surface area contributed by atoms with Gasteiger partial charge in [0.05, 0.1) is 23.4 Å². The third kappa shape index (κ3) is 1.80. The summed E-state index contributed by atoms with van der Waals surface area (Å²) in [6.45, 7) is 8.91. The van der Waals surface area contributed by atoms with Crippen LogP contribution in [0.4, 0.5) is 0 Å². The van der Waals surface area contributed by atoms with Crippen LogP contribution < -0.4 is 10.6 Å². The largest absolute Gasteiger partial charge is 0.505 e. The number of aliphatic hydroxyl groups is 1. The second-order valence-electron chi connectivity index (χ2n) is 8.18. The zero-order chi connectivity index (χ0) is 16.5. The van der Waals surface area contributed by atoms with Gasteiger partial charge in [0.15, 0.2) is 5.75 Å². The SMILES string of the molecule is CC1(C)C(O)(CNC2CC3CNCC32)C1(C)c1ncc(O)cn1. The minimum atomic E-state index is -0.881. The Bertz CT molecular complexity index is 620. The minimum Gasteiger partial charge on any atom is -0.505 e. The predicted octanol–water partition coefficient (Wildman–Crippen LogP) is 0.408. The second-order valence-corrected chi connectivity index (χ2v) is 8.18. The van der Waals surface area contributed by atoms with E-state index in [4.69, 9.17) is 0 Å². The molecule has 1 aromatic heterocycles. The normalized spacial score (nSPS) is 43.7. The van der Waals surface area contributed by atoms with Gasteiger partial charge in [0.1, 0.15) is 5.82 Å². The highest BCUT2D eigenvalue weighted by Gasteiger charge is 2.81. The molecule has 2 aliphatic carbocycles. The molecule has 4 rings (SSSR count). The number of aromatic nitrogens is 2. The molecule has 0 aromatic carbocycles. The van der Waals surface area contributed by atoms with Crippen molar-refractivity contribution in [2.24, 2.45) is 17.3 Å². The van der Waals surface area contributed by atoms with Gasteiger partial charge in [-0.1, -0.05) is 13.8 Å². The number of nitrogens with one attached hydrogen (secondary N) is 2. The van der Waals surface area contributed by atoms with E-state index >= 15 is 0 Å². The standard InChI is InChI=1S/C17H26N4O2/c1-15(2)16(3,14-19-6-11(22)7-20-14)17(15,23)9-21-13-4-10-5-18-8-12(10)13/h6-7,10,12-13,18,21-23H,4-5,8-9H2,1-3H3. The minimum absolute atomic E-state index is 0.0479. The number of rotatable bonds is 4. The van der Waals surface area contributed by atoms with E-state index in [1.807, 2.05) is 6.92 Å². The highest BCUT2D eigenvalue weighted by molar-refractivity contribution is 5.41. The molecule has 1 saturated heterocycles. The zero-order valence-electron chi connectivity index (χ0n) is 14.0. The molecule has 0 radical (unpaired) electrons. The Morgan fingerprint density at radius 1 is 1.26 bits per heavy atom. The smallest absolute Gasteiger partial charge is 0.152 e. The van der Waals surface area contributed by atoms with Gasteiger partial charge in [-0.15, -0.1) is 0 Å². The van der Waals surface area contributed by atoms with E-state index < -0.39 is 11.0 Å². The van der Waals surface area contributed by atoms with Crippen LogP contribution in [0.3, 0.4) is 0 Å². The van der Waals surface area contributed by atoms with E-state index in [-0.39, 0.29) is 11.2 Å². The number of hydrogen-bond donors (Lipinski definition) is 4. The molecule has 0 spiro atoms. The van der Waals surface area contributed by atoms with Crippen molar-refractivity contribution in [1.82, 2.24) is 20.6 Å². The predicted molar refractivity (Wildman–Crippen MR) is 86.0 cm³/mol. The van der Waals surface area contributed by atoms with Crippen molar-refractivity contribution in [2.75, 3.05) is 19.6 Å². The fourth-order valence-electron chi connectivity index (χ4n) is 4.91. The Hall–Kier alpha value is -1.24. The molecule has 23 heavy (non-hydrogen) atoms. The molecule has 6 heteroatoms. The van der Waals surface area contributed by atoms with Crippen LogP contribution in [-0.2, 0) is 5.41 Å². The third-order valence-electron chi connectivity index (χ3n) is 7.22. The van der Waals surface area contributed by atoms with Crippen molar-refractivity contribution in [3.63, 3.8) is 0 Å². The van der Waals surface area contributed by atoms with Crippen LogP contribution in [0, 0.1) is 17.3 Å². The lowest BCUT2D eigenvalue weighted by atomic mass is 9.71. The molecular weight excluding hydrogens is 292 g/mol. The summed E-state index contributed by atoms with van der Waals surface area (Å²) in [6.07, 6.45) is 3.99. The molecule has 6 nitrogen and oxygen atoms in total. The maximum absolute atomic E-state index is 11.3. The number of aromatic hydroxyl groups is 1. The van der Waals surface area contributed by atoms with Crippen molar-refractivity contribution in [3.05, 3.63) is 18.2 Å². The van der Waals surface area contributed by atoms with Crippen LogP contribution in [0.2, 0.25) is 0 Å². The van der Waals surface area contributed by atoms with Gasteiger partial charge < -0.3 is 20.8 Å². The molecule has 1 aliphatic heterocycles. The summed E-state index contributed by atoms with van der Waals surface area (Å²) in [4.78, 5) is 8.52. The van der Waals surface area contributed by atoms with Crippen molar-refractivity contribution >= 4 is 0 Å². The lowest BCUT2D eigenvalue weighted by Crippen LogP contribution is -2.53. The van der Waals surface area contributed by atoms with Crippen LogP contribution in [-0.4, -0.2) is 51.5 Å². The fraction of sp³-hybridized carbons (Fsp3) is 0.765. The topological polar surface area (TPSA) is 90.3 Å². The molecule has 5 atom stereocenters. The van der Waals surface area contributed by atoms with Crippen LogP contribution in [0.1, 0.15) is 33.0 Å². The van der Waals surface area contributed by atoms with E-state index in [2.05, 4.69) is 34.4 Å². The molecule has 0 bridgehead atoms. The summed E-state index contributed by atoms with van der Waals surface area (Å²) in [7, 11) is 0. The van der Waals surface area contributed by atoms with Gasteiger partial charge in [-0.25, -0.2) is 9.97 Å². The van der Waals surface area contributed by atoms with E-state index in [0.29, 0.717) is 24.3 Å². The van der Waals surface area contributed by atoms with Crippen LogP contribution in [0.15, 0.2) is 12.4 Å². The summed E-state index contributed by atoms with van der Waals surface area (Å²) in [6, 6.07) is 0.500. The molecule has 2 saturated carbocycles. The first-order chi connectivity index (χ1) is 10.8. The Morgan fingerprint density at radius 2 is 1.96 bits per heavy atom. The van der Waals surface area contributed by atoms with Gasteiger partial charge >= 0.3 is 0 Å². The molecule has 126 valence electrons. The lowest BCUT2D eigenvalue weighted by Gasteiger charge is -2.41. The third-order valence-corrected chi connectivity index (χ3v) is 7.22. The van der Waals surface area contributed by atoms with Gasteiger partial charge in [-0.3, -0.25) is 0 Å². The van der Waals surface area contributed by atoms with Crippen molar-refractivity contribution in [1.29, 1.82) is 0 Å². The van der Waals surface area contributed by atoms with Crippen molar-refractivity contribution < 1.29 is 10.2 Å². The first-order valence-electron chi connectivity index (χ1n) is 8.49. The Balaban J connectivity index is 1.49. The van der Waals surface area contributed by atoms with Crippen LogP contribution in [0.5, 0.6) is 5.75 Å². The van der Waals surface area contributed by atoms with Gasteiger partial charge in [-0.05, 0) is 38.3 Å². The van der Waals surface area contributed by atoms with E-state index in [1.54, 1.807) is 0 Å². The van der Waals surface area contributed by atoms with Crippen molar-refractivity contribution in [2.45, 2.75) is 44.2 Å². The first-order valence-corrected chi connectivity index (χ1v) is 8.49. The van der Waals surface area contributed by atoms with Gasteiger partial charge in [0.2, 0.25) is 0 Å². The van der Waals surface area contributed by atoms with Crippen molar-refractivity contribution in [3.8, 4) is 5.75 Å². The Kier molecular flexibility index (Phi) is 3.09. The average Bonchev–Trinajstić information content (AvgIpc) is 2.78. The number of hydrogen-bond acceptors (Lipinski definition) is 6. The van der Waals surface area contributed by atoms with Gasteiger partial charge in [0.25, 0.3) is 0 Å². The maximum atomic E-state index is 11.3. The van der Waals surface area contributed by atoms with Gasteiger partial charge in [0, 0.05) is 18.0 Å². The molecule has 4 N–H and O–H groups in total. The first kappa shape index (κ1) is 15.3. The molecule has 0 amide bonds. The fourth-order valence-corrected chi connectivity index (χ4v) is 4.91. The Labute approximate surface area is 136 Å². The average molecular weight is 318 g/mol. The molecular formula is C17H26N4O2. The molecule has 1 aromatic rings. The highest BCUT2D eigenvalue weighted by atomic mass is 16.3. The van der Waals surface area contributed by atoms with Crippen LogP contribution >= 0.6 is 0 Å². The van der Waals surface area contributed by atoms with E-state index in [1.165, 1.54) is 18.8 Å². The summed E-state index contributed by atoms with van der Waals surface area (Å²) in [5.74, 6) is 2.16. The molecule has 3 aliphatic rings. The number of fused-ring (bicyclic) bond motifs is 1. The Morgan fingerprint density at radius 3 is 2.61 bits per heavy atom. The highest BCUT2D eigenvalue weighted by Crippen LogP contribution is 2.71. The lowest BCUT2D eigenvalue weighted by molar-refractivity contribution is 0.0711. The molecule has 5 unspecified atom stereocenters. The summed E-state index contributed by atoms with van der Waals surface area (Å²) >= 11 is 0. The zero-order valence-corrected chi connectivity index (χ0v) is 14.0. The summed E-state index contributed by atoms with van der Waals surface area (Å²) < 4.78 is 0. The van der Waals surface area contributed by atoms with Crippen LogP contribution in [0.25, 0.3) is 0 Å². The molecule has 2 heterocycles. The summed E-state index contributed by atoms with van der Waals surface area (Å²) in [5.41, 5.74) is -1.72. The maximum Gasteiger partial charge on any atom is 0.152 e. The summed E-state index contributed by atoms with van der Waals surface area (Å²) in [5, 5.41) is 27.7. The van der Waals surface area contributed by atoms with E-state index in [0.717, 1.165) is 19.0 Å².